The highest BCUT2D eigenvalue weighted by atomic mass is 19.1. The minimum atomic E-state index is -0.445. The van der Waals surface area contributed by atoms with Crippen LogP contribution in [0.3, 0.4) is 0 Å². The van der Waals surface area contributed by atoms with Gasteiger partial charge in [0.05, 0.1) is 0 Å². The molecule has 1 amide bonds. The molecule has 0 radical (unpaired) electrons. The van der Waals surface area contributed by atoms with Gasteiger partial charge in [-0.05, 0) is 30.5 Å². The standard InChI is InChI=1S/C12H17FN2O/c1-8(2)3-4-12(16)15-11-6-9(13)5-10(14)7-11/h5-8H,3-4,14H2,1-2H3,(H,15,16). The van der Waals surface area contributed by atoms with Crippen molar-refractivity contribution in [3.63, 3.8) is 0 Å². The molecule has 0 heterocycles. The van der Waals surface area contributed by atoms with Crippen molar-refractivity contribution >= 4 is 17.3 Å². The third-order valence-corrected chi connectivity index (χ3v) is 2.15. The zero-order valence-corrected chi connectivity index (χ0v) is 9.59. The molecule has 1 aromatic carbocycles. The number of rotatable bonds is 4. The molecular formula is C12H17FN2O. The predicted octanol–water partition coefficient (Wildman–Crippen LogP) is 2.78. The van der Waals surface area contributed by atoms with E-state index in [1.807, 2.05) is 13.8 Å². The number of nitrogens with two attached hydrogens (primary N) is 1. The van der Waals surface area contributed by atoms with Crippen LogP contribution in [0.4, 0.5) is 15.8 Å². The Hall–Kier alpha value is -1.58. The number of hydrogen-bond donors (Lipinski definition) is 2. The zero-order chi connectivity index (χ0) is 12.1. The van der Waals surface area contributed by atoms with Crippen molar-refractivity contribution < 1.29 is 9.18 Å². The number of nitrogen functional groups attached to an aromatic ring is 1. The van der Waals surface area contributed by atoms with Gasteiger partial charge in [-0.25, -0.2) is 4.39 Å². The largest absolute Gasteiger partial charge is 0.399 e. The number of hydrogen-bond acceptors (Lipinski definition) is 2. The molecule has 4 heteroatoms. The average Bonchev–Trinajstić information content (AvgIpc) is 2.12. The predicted molar refractivity (Wildman–Crippen MR) is 63.5 cm³/mol. The lowest BCUT2D eigenvalue weighted by molar-refractivity contribution is -0.116. The second kappa shape index (κ2) is 5.49. The molecule has 0 aliphatic rings. The van der Waals surface area contributed by atoms with Crippen LogP contribution < -0.4 is 11.1 Å². The number of anilines is 2. The maximum Gasteiger partial charge on any atom is 0.224 e. The second-order valence-electron chi connectivity index (χ2n) is 4.25. The first kappa shape index (κ1) is 12.5. The summed E-state index contributed by atoms with van der Waals surface area (Å²) in [6.07, 6.45) is 1.25. The lowest BCUT2D eigenvalue weighted by Gasteiger charge is -2.07. The van der Waals surface area contributed by atoms with Gasteiger partial charge in [0.2, 0.25) is 5.91 Å². The lowest BCUT2D eigenvalue weighted by Crippen LogP contribution is -2.12. The molecule has 0 aliphatic carbocycles. The summed E-state index contributed by atoms with van der Waals surface area (Å²) in [5.41, 5.74) is 6.18. The molecule has 0 bridgehead atoms. The van der Waals surface area contributed by atoms with E-state index in [-0.39, 0.29) is 5.91 Å². The smallest absolute Gasteiger partial charge is 0.224 e. The van der Waals surface area contributed by atoms with Crippen molar-refractivity contribution in [3.05, 3.63) is 24.0 Å². The minimum absolute atomic E-state index is 0.112. The van der Waals surface area contributed by atoms with Crippen molar-refractivity contribution in [1.82, 2.24) is 0 Å². The summed E-state index contributed by atoms with van der Waals surface area (Å²) in [6, 6.07) is 4.00. The molecule has 0 spiro atoms. The molecule has 0 saturated heterocycles. The van der Waals surface area contributed by atoms with Crippen molar-refractivity contribution in [1.29, 1.82) is 0 Å². The maximum atomic E-state index is 13.0. The van der Waals surface area contributed by atoms with Crippen LogP contribution in [0.2, 0.25) is 0 Å². The Bertz CT molecular complexity index is 357. The van der Waals surface area contributed by atoms with E-state index in [0.29, 0.717) is 23.7 Å². The van der Waals surface area contributed by atoms with Crippen molar-refractivity contribution in [2.75, 3.05) is 11.1 Å². The van der Waals surface area contributed by atoms with Crippen LogP contribution in [0.25, 0.3) is 0 Å². The molecule has 88 valence electrons. The highest BCUT2D eigenvalue weighted by molar-refractivity contribution is 5.91. The maximum absolute atomic E-state index is 13.0. The van der Waals surface area contributed by atoms with Gasteiger partial charge in [-0.15, -0.1) is 0 Å². The number of carbonyl (C=O) groups excluding carboxylic acids is 1. The summed E-state index contributed by atoms with van der Waals surface area (Å²) in [4.78, 5) is 11.5. The normalized spacial score (nSPS) is 10.5. The Morgan fingerprint density at radius 2 is 2.12 bits per heavy atom. The van der Waals surface area contributed by atoms with Crippen LogP contribution in [0.1, 0.15) is 26.7 Å². The van der Waals surface area contributed by atoms with Crippen molar-refractivity contribution in [2.24, 2.45) is 5.92 Å². The van der Waals surface area contributed by atoms with Gasteiger partial charge in [0.15, 0.2) is 0 Å². The number of benzene rings is 1. The summed E-state index contributed by atoms with van der Waals surface area (Å²) in [6.45, 7) is 4.10. The first-order valence-electron chi connectivity index (χ1n) is 5.33. The van der Waals surface area contributed by atoms with Gasteiger partial charge in [-0.1, -0.05) is 13.8 Å². The number of nitrogens with one attached hydrogen (secondary N) is 1. The summed E-state index contributed by atoms with van der Waals surface area (Å²) in [5, 5.41) is 2.62. The fraction of sp³-hybridized carbons (Fsp3) is 0.417. The first-order chi connectivity index (χ1) is 7.47. The SMILES string of the molecule is CC(C)CCC(=O)Nc1cc(N)cc(F)c1. The van der Waals surface area contributed by atoms with E-state index in [1.165, 1.54) is 18.2 Å². The third-order valence-electron chi connectivity index (χ3n) is 2.15. The Morgan fingerprint density at radius 3 is 2.69 bits per heavy atom. The van der Waals surface area contributed by atoms with E-state index < -0.39 is 5.82 Å². The fourth-order valence-electron chi connectivity index (χ4n) is 1.33. The quantitative estimate of drug-likeness (QED) is 0.773. The summed E-state index contributed by atoms with van der Waals surface area (Å²) in [7, 11) is 0. The summed E-state index contributed by atoms with van der Waals surface area (Å²) in [5.74, 6) is -0.0822. The van der Waals surface area contributed by atoms with Crippen LogP contribution in [0, 0.1) is 11.7 Å². The second-order valence-corrected chi connectivity index (χ2v) is 4.25. The van der Waals surface area contributed by atoms with Gasteiger partial charge < -0.3 is 11.1 Å². The van der Waals surface area contributed by atoms with Crippen LogP contribution in [0.15, 0.2) is 18.2 Å². The van der Waals surface area contributed by atoms with E-state index in [9.17, 15) is 9.18 Å². The molecule has 3 N–H and O–H groups in total. The van der Waals surface area contributed by atoms with E-state index in [4.69, 9.17) is 5.73 Å². The minimum Gasteiger partial charge on any atom is -0.399 e. The molecule has 0 aromatic heterocycles. The van der Waals surface area contributed by atoms with Gasteiger partial charge in [0, 0.05) is 17.8 Å². The van der Waals surface area contributed by atoms with Crippen LogP contribution in [-0.2, 0) is 4.79 Å². The van der Waals surface area contributed by atoms with E-state index >= 15 is 0 Å². The molecule has 0 saturated carbocycles. The van der Waals surface area contributed by atoms with Gasteiger partial charge in [0.25, 0.3) is 0 Å². The Morgan fingerprint density at radius 1 is 1.44 bits per heavy atom. The van der Waals surface area contributed by atoms with Crippen LogP contribution >= 0.6 is 0 Å². The van der Waals surface area contributed by atoms with Crippen LogP contribution in [-0.4, -0.2) is 5.91 Å². The third kappa shape index (κ3) is 4.29. The molecule has 3 nitrogen and oxygen atoms in total. The van der Waals surface area contributed by atoms with Crippen molar-refractivity contribution in [2.45, 2.75) is 26.7 Å². The molecule has 0 aliphatic heterocycles. The summed E-state index contributed by atoms with van der Waals surface area (Å²) >= 11 is 0. The van der Waals surface area contributed by atoms with Crippen molar-refractivity contribution in [3.8, 4) is 0 Å². The molecule has 0 unspecified atom stereocenters. The van der Waals surface area contributed by atoms with E-state index in [1.54, 1.807) is 0 Å². The number of halogens is 1. The van der Waals surface area contributed by atoms with Crippen LogP contribution in [0.5, 0.6) is 0 Å². The Labute approximate surface area is 94.8 Å². The highest BCUT2D eigenvalue weighted by Gasteiger charge is 2.05. The topological polar surface area (TPSA) is 55.1 Å². The van der Waals surface area contributed by atoms with Gasteiger partial charge >= 0.3 is 0 Å². The van der Waals surface area contributed by atoms with E-state index in [0.717, 1.165) is 6.42 Å². The number of amides is 1. The van der Waals surface area contributed by atoms with E-state index in [2.05, 4.69) is 5.32 Å². The molecule has 1 aromatic rings. The lowest BCUT2D eigenvalue weighted by atomic mass is 10.1. The van der Waals surface area contributed by atoms with Gasteiger partial charge in [-0.3, -0.25) is 4.79 Å². The highest BCUT2D eigenvalue weighted by Crippen LogP contribution is 2.16. The molecular weight excluding hydrogens is 207 g/mol. The molecule has 16 heavy (non-hydrogen) atoms. The zero-order valence-electron chi connectivity index (χ0n) is 9.59. The average molecular weight is 224 g/mol. The summed E-state index contributed by atoms with van der Waals surface area (Å²) < 4.78 is 13.0. The first-order valence-corrected chi connectivity index (χ1v) is 5.33. The molecule has 1 rings (SSSR count). The van der Waals surface area contributed by atoms with Gasteiger partial charge in [-0.2, -0.15) is 0 Å². The number of carbonyl (C=O) groups is 1. The Kier molecular flexibility index (Phi) is 4.28. The molecule has 0 atom stereocenters. The molecule has 0 fully saturated rings. The van der Waals surface area contributed by atoms with Gasteiger partial charge in [0.1, 0.15) is 5.82 Å². The monoisotopic (exact) mass is 224 g/mol. The fourth-order valence-corrected chi connectivity index (χ4v) is 1.33. The Balaban J connectivity index is 2.56.